The van der Waals surface area contributed by atoms with Crippen molar-refractivity contribution in [3.05, 3.63) is 62.8 Å². The van der Waals surface area contributed by atoms with Crippen LogP contribution in [0, 0.1) is 0 Å². The highest BCUT2D eigenvalue weighted by atomic mass is 32.1. The number of alkyl halides is 3. The van der Waals surface area contributed by atoms with Gasteiger partial charge in [0.25, 0.3) is 0 Å². The van der Waals surface area contributed by atoms with E-state index in [1.165, 1.54) is 6.07 Å². The Balaban J connectivity index is 1.33. The van der Waals surface area contributed by atoms with Crippen molar-refractivity contribution in [2.24, 2.45) is 0 Å². The van der Waals surface area contributed by atoms with Gasteiger partial charge in [0, 0.05) is 43.9 Å². The molecule has 3 N–H and O–H groups in total. The molecule has 16 heteroatoms. The van der Waals surface area contributed by atoms with Gasteiger partial charge in [-0.3, -0.25) is 14.5 Å². The maximum atomic E-state index is 14.9. The van der Waals surface area contributed by atoms with Gasteiger partial charge in [0.05, 0.1) is 36.1 Å². The molecule has 2 saturated heterocycles. The SMILES string of the molecule is O=C(O)N(CCc1ccccc1)CC(O)c1cc(CN2CCC3(CC2)CN(C(=O)C(F)(F)F)CCO3)c(O)c2c1sc(=O)n2F. The first kappa shape index (κ1) is 32.7. The number of aliphatic hydroxyl groups excluding tert-OH is 1. The standard InChI is InChI=1S/C29H32F4N4O7S/c30-29(31,32)25(40)36-12-13-44-28(17-36)7-10-34(11-8-28)15-19-14-20(24-22(23(19)39)37(33)27(43)45-24)21(38)16-35(26(41)42)9-6-18-4-2-1-3-5-18/h1-5,14,21,38-39H,6-13,15-17H2,(H,41,42). The number of phenols is 1. The Morgan fingerprint density at radius 3 is 2.47 bits per heavy atom. The van der Waals surface area contributed by atoms with Gasteiger partial charge in [-0.25, -0.2) is 4.79 Å². The Hall–Kier alpha value is -3.73. The van der Waals surface area contributed by atoms with Gasteiger partial charge in [-0.05, 0) is 30.9 Å². The van der Waals surface area contributed by atoms with Gasteiger partial charge < -0.3 is 29.9 Å². The van der Waals surface area contributed by atoms with Gasteiger partial charge in [0.15, 0.2) is 0 Å². The zero-order chi connectivity index (χ0) is 32.5. The lowest BCUT2D eigenvalue weighted by Crippen LogP contribution is -2.59. The average molecular weight is 657 g/mol. The topological polar surface area (TPSA) is 136 Å². The molecular formula is C29H32F4N4O7S. The normalized spacial score (nSPS) is 17.9. The van der Waals surface area contributed by atoms with Crippen LogP contribution in [0.15, 0.2) is 41.2 Å². The van der Waals surface area contributed by atoms with Crippen molar-refractivity contribution in [2.75, 3.05) is 45.9 Å². The molecule has 0 saturated carbocycles. The van der Waals surface area contributed by atoms with Crippen molar-refractivity contribution in [3.8, 4) is 5.75 Å². The highest BCUT2D eigenvalue weighted by Gasteiger charge is 2.48. The molecule has 2 aliphatic heterocycles. The van der Waals surface area contributed by atoms with Gasteiger partial charge in [0.1, 0.15) is 11.3 Å². The Morgan fingerprint density at radius 2 is 1.82 bits per heavy atom. The smallest absolute Gasteiger partial charge is 0.471 e. The van der Waals surface area contributed by atoms with Gasteiger partial charge >= 0.3 is 23.0 Å². The van der Waals surface area contributed by atoms with Crippen molar-refractivity contribution in [2.45, 2.75) is 43.7 Å². The third kappa shape index (κ3) is 7.08. The number of amides is 2. The maximum Gasteiger partial charge on any atom is 0.471 e. The van der Waals surface area contributed by atoms with Crippen LogP contribution in [0.4, 0.5) is 22.4 Å². The van der Waals surface area contributed by atoms with E-state index in [0.29, 0.717) is 30.8 Å². The molecule has 1 aromatic heterocycles. The second kappa shape index (κ2) is 12.9. The monoisotopic (exact) mass is 656 g/mol. The fourth-order valence-electron chi connectivity index (χ4n) is 5.93. The minimum Gasteiger partial charge on any atom is -0.505 e. The first-order valence-corrected chi connectivity index (χ1v) is 15.1. The number of carbonyl (C=O) groups is 2. The summed E-state index contributed by atoms with van der Waals surface area (Å²) in [7, 11) is 0. The number of nitrogens with zero attached hydrogens (tertiary/aromatic N) is 4. The number of fused-ring (bicyclic) bond motifs is 1. The van der Waals surface area contributed by atoms with E-state index in [4.69, 9.17) is 4.74 Å². The van der Waals surface area contributed by atoms with Gasteiger partial charge in [-0.2, -0.15) is 13.2 Å². The Bertz CT molecular complexity index is 1610. The third-order valence-corrected chi connectivity index (χ3v) is 9.33. The molecule has 2 amide bonds. The summed E-state index contributed by atoms with van der Waals surface area (Å²) in [5, 5.41) is 32.0. The summed E-state index contributed by atoms with van der Waals surface area (Å²) in [5.74, 6) is -2.43. The molecule has 0 aliphatic carbocycles. The zero-order valence-corrected chi connectivity index (χ0v) is 24.8. The van der Waals surface area contributed by atoms with Crippen LogP contribution < -0.4 is 4.87 Å². The Kier molecular flexibility index (Phi) is 9.39. The van der Waals surface area contributed by atoms with Crippen LogP contribution in [0.1, 0.15) is 35.6 Å². The second-order valence-corrected chi connectivity index (χ2v) is 12.3. The van der Waals surface area contributed by atoms with Crippen LogP contribution in [-0.4, -0.2) is 104 Å². The molecule has 3 heterocycles. The summed E-state index contributed by atoms with van der Waals surface area (Å²) >= 11 is 0.471. The van der Waals surface area contributed by atoms with Crippen LogP contribution in [0.5, 0.6) is 5.75 Å². The Morgan fingerprint density at radius 1 is 1.13 bits per heavy atom. The molecule has 1 unspecified atom stereocenters. The number of thiazole rings is 1. The Labute approximate surface area is 258 Å². The number of phenolic OH excluding ortho intramolecular Hbond substituents is 1. The number of aromatic hydroxyl groups is 1. The molecule has 5 rings (SSSR count). The highest BCUT2D eigenvalue weighted by Crippen LogP contribution is 2.39. The van der Waals surface area contributed by atoms with E-state index in [0.717, 1.165) is 15.4 Å². The molecule has 2 aliphatic rings. The fourth-order valence-corrected chi connectivity index (χ4v) is 6.87. The third-order valence-electron chi connectivity index (χ3n) is 8.36. The number of aromatic nitrogens is 1. The van der Waals surface area contributed by atoms with Crippen LogP contribution in [0.25, 0.3) is 10.2 Å². The quantitative estimate of drug-likeness (QED) is 0.314. The predicted molar refractivity (Wildman–Crippen MR) is 155 cm³/mol. The fraction of sp³-hybridized carbons (Fsp3) is 0.483. The zero-order valence-electron chi connectivity index (χ0n) is 24.0. The first-order valence-electron chi connectivity index (χ1n) is 14.3. The van der Waals surface area contributed by atoms with Crippen molar-refractivity contribution in [1.29, 1.82) is 0 Å². The number of hydrogen-bond acceptors (Lipinski definition) is 8. The van der Waals surface area contributed by atoms with Crippen LogP contribution in [-0.2, 0) is 22.5 Å². The number of likely N-dealkylation sites (tertiary alicyclic amines) is 1. The number of benzene rings is 2. The summed E-state index contributed by atoms with van der Waals surface area (Å²) in [6.07, 6.45) is -6.77. The molecule has 2 aromatic carbocycles. The van der Waals surface area contributed by atoms with Gasteiger partial charge in [-0.1, -0.05) is 46.1 Å². The van der Waals surface area contributed by atoms with Crippen molar-refractivity contribution < 1.29 is 47.3 Å². The lowest BCUT2D eigenvalue weighted by atomic mass is 9.89. The lowest BCUT2D eigenvalue weighted by Gasteiger charge is -2.47. The van der Waals surface area contributed by atoms with Crippen LogP contribution in [0.2, 0.25) is 0 Å². The number of morpholine rings is 1. The largest absolute Gasteiger partial charge is 0.505 e. The molecule has 45 heavy (non-hydrogen) atoms. The average Bonchev–Trinajstić information content (AvgIpc) is 3.31. The molecule has 244 valence electrons. The van der Waals surface area contributed by atoms with E-state index in [1.807, 2.05) is 35.2 Å². The van der Waals surface area contributed by atoms with E-state index in [9.17, 15) is 47.4 Å². The first-order chi connectivity index (χ1) is 21.3. The highest BCUT2D eigenvalue weighted by molar-refractivity contribution is 7.16. The summed E-state index contributed by atoms with van der Waals surface area (Å²) in [4.78, 5) is 38.4. The van der Waals surface area contributed by atoms with Gasteiger partial charge in [0.2, 0.25) is 0 Å². The van der Waals surface area contributed by atoms with E-state index < -0.39 is 46.0 Å². The number of ether oxygens (including phenoxy) is 1. The number of piperidine rings is 1. The number of aliphatic hydroxyl groups is 1. The molecule has 3 aromatic rings. The summed E-state index contributed by atoms with van der Waals surface area (Å²) in [6, 6.07) is 10.6. The molecule has 11 nitrogen and oxygen atoms in total. The van der Waals surface area contributed by atoms with Crippen molar-refractivity contribution >= 4 is 33.6 Å². The summed E-state index contributed by atoms with van der Waals surface area (Å²) in [5.41, 5.74) is -0.264. The number of halogens is 4. The molecule has 0 bridgehead atoms. The van der Waals surface area contributed by atoms with Crippen molar-refractivity contribution in [1.82, 2.24) is 19.5 Å². The van der Waals surface area contributed by atoms with Crippen molar-refractivity contribution in [3.63, 3.8) is 0 Å². The molecule has 2 fully saturated rings. The van der Waals surface area contributed by atoms with E-state index in [2.05, 4.69) is 0 Å². The van der Waals surface area contributed by atoms with E-state index >= 15 is 0 Å². The molecule has 0 radical (unpaired) electrons. The van der Waals surface area contributed by atoms with Crippen LogP contribution in [0.3, 0.4) is 0 Å². The van der Waals surface area contributed by atoms with E-state index in [1.54, 1.807) is 0 Å². The minimum absolute atomic E-state index is 0.0210. The molecule has 1 spiro atoms. The summed E-state index contributed by atoms with van der Waals surface area (Å²) < 4.78 is 59.8. The number of carbonyl (C=O) groups excluding carboxylic acids is 1. The molecular weight excluding hydrogens is 624 g/mol. The summed E-state index contributed by atoms with van der Waals surface area (Å²) in [6.45, 7) is -0.0799. The number of carboxylic acid groups (broad SMARTS) is 1. The van der Waals surface area contributed by atoms with Gasteiger partial charge in [-0.15, -0.1) is 4.79 Å². The number of rotatable bonds is 8. The number of hydrogen-bond donors (Lipinski definition) is 3. The van der Waals surface area contributed by atoms with Crippen LogP contribution >= 0.6 is 11.3 Å². The second-order valence-electron chi connectivity index (χ2n) is 11.3. The minimum atomic E-state index is -4.99. The predicted octanol–water partition coefficient (Wildman–Crippen LogP) is 3.51. The molecule has 1 atom stereocenters. The van der Waals surface area contributed by atoms with E-state index in [-0.39, 0.29) is 72.8 Å². The lowest BCUT2D eigenvalue weighted by molar-refractivity contribution is -0.200. The maximum absolute atomic E-state index is 14.9.